The summed E-state index contributed by atoms with van der Waals surface area (Å²) in [4.78, 5) is 12.4. The average molecular weight is 536 g/mol. The van der Waals surface area contributed by atoms with Crippen LogP contribution in [0.15, 0.2) is 78.9 Å². The minimum Gasteiger partial charge on any atom is -0.489 e. The Balaban J connectivity index is 1.67. The summed E-state index contributed by atoms with van der Waals surface area (Å²) >= 11 is 2.17. The first-order valence-corrected chi connectivity index (χ1v) is 12.0. The van der Waals surface area contributed by atoms with Crippen LogP contribution in [0.5, 0.6) is 5.75 Å². The molecular formula is C22H21IN2O4S. The summed E-state index contributed by atoms with van der Waals surface area (Å²) in [5, 5.41) is 2.72. The highest BCUT2D eigenvalue weighted by atomic mass is 127. The Kier molecular flexibility index (Phi) is 7.33. The molecule has 0 spiro atoms. The van der Waals surface area contributed by atoms with Crippen molar-refractivity contribution in [1.29, 1.82) is 0 Å². The van der Waals surface area contributed by atoms with Gasteiger partial charge in [-0.05, 0) is 76.7 Å². The maximum absolute atomic E-state index is 12.4. The van der Waals surface area contributed by atoms with E-state index in [0.29, 0.717) is 23.7 Å². The van der Waals surface area contributed by atoms with Crippen LogP contribution < -0.4 is 14.4 Å². The normalized spacial score (nSPS) is 11.0. The fraction of sp³-hybridized carbons (Fsp3) is 0.136. The lowest BCUT2D eigenvalue weighted by Crippen LogP contribution is -2.37. The quantitative estimate of drug-likeness (QED) is 0.437. The minimum atomic E-state index is -3.65. The van der Waals surface area contributed by atoms with Crippen LogP contribution >= 0.6 is 22.6 Å². The van der Waals surface area contributed by atoms with Gasteiger partial charge in [0.15, 0.2) is 0 Å². The van der Waals surface area contributed by atoms with Crippen molar-refractivity contribution in [1.82, 2.24) is 0 Å². The number of carbonyl (C=O) groups is 1. The van der Waals surface area contributed by atoms with Gasteiger partial charge in [0.2, 0.25) is 15.9 Å². The van der Waals surface area contributed by atoms with Crippen LogP contribution in [-0.2, 0) is 21.4 Å². The molecule has 1 amide bonds. The van der Waals surface area contributed by atoms with Crippen LogP contribution in [0.1, 0.15) is 5.56 Å². The highest BCUT2D eigenvalue weighted by Gasteiger charge is 2.21. The first-order chi connectivity index (χ1) is 14.3. The van der Waals surface area contributed by atoms with Crippen LogP contribution in [-0.4, -0.2) is 27.1 Å². The van der Waals surface area contributed by atoms with Gasteiger partial charge in [0, 0.05) is 9.26 Å². The van der Waals surface area contributed by atoms with Crippen molar-refractivity contribution in [3.63, 3.8) is 0 Å². The van der Waals surface area contributed by atoms with Crippen molar-refractivity contribution < 1.29 is 17.9 Å². The van der Waals surface area contributed by atoms with Gasteiger partial charge in [0.05, 0.1) is 11.9 Å². The first-order valence-electron chi connectivity index (χ1n) is 9.11. The number of sulfonamides is 1. The van der Waals surface area contributed by atoms with E-state index in [2.05, 4.69) is 27.9 Å². The minimum absolute atomic E-state index is 0.324. The lowest BCUT2D eigenvalue weighted by atomic mass is 10.2. The van der Waals surface area contributed by atoms with E-state index >= 15 is 0 Å². The standard InChI is InChI=1S/C22H21IN2O4S/c1-30(27,28)25(15-22(26)24-19-9-7-18(23)8-10-19)20-11-13-21(14-12-20)29-16-17-5-3-2-4-6-17/h2-14H,15-16H2,1H3,(H,24,26). The maximum Gasteiger partial charge on any atom is 0.245 e. The monoisotopic (exact) mass is 536 g/mol. The Morgan fingerprint density at radius 3 is 2.20 bits per heavy atom. The number of halogens is 1. The van der Waals surface area contributed by atoms with E-state index in [1.165, 1.54) is 0 Å². The Morgan fingerprint density at radius 1 is 0.967 bits per heavy atom. The molecule has 0 bridgehead atoms. The largest absolute Gasteiger partial charge is 0.489 e. The second-order valence-corrected chi connectivity index (χ2v) is 9.75. The van der Waals surface area contributed by atoms with Gasteiger partial charge in [-0.3, -0.25) is 9.10 Å². The van der Waals surface area contributed by atoms with Gasteiger partial charge in [0.1, 0.15) is 18.9 Å². The third-order valence-corrected chi connectivity index (χ3v) is 6.05. The van der Waals surface area contributed by atoms with Gasteiger partial charge in [-0.25, -0.2) is 8.42 Å². The molecule has 0 aromatic heterocycles. The number of carbonyl (C=O) groups excluding carboxylic acids is 1. The van der Waals surface area contributed by atoms with Crippen molar-refractivity contribution in [2.75, 3.05) is 22.4 Å². The first kappa shape index (κ1) is 22.1. The molecule has 156 valence electrons. The van der Waals surface area contributed by atoms with Crippen molar-refractivity contribution in [2.24, 2.45) is 0 Å². The second kappa shape index (κ2) is 9.94. The molecule has 3 aromatic rings. The van der Waals surface area contributed by atoms with Gasteiger partial charge in [-0.1, -0.05) is 30.3 Å². The summed E-state index contributed by atoms with van der Waals surface area (Å²) in [7, 11) is -3.65. The number of amides is 1. The van der Waals surface area contributed by atoms with Crippen LogP contribution in [0, 0.1) is 3.57 Å². The molecule has 30 heavy (non-hydrogen) atoms. The molecule has 0 aliphatic carbocycles. The summed E-state index contributed by atoms with van der Waals surface area (Å²) in [5.74, 6) is 0.186. The molecule has 0 heterocycles. The zero-order chi connectivity index (χ0) is 21.6. The van der Waals surface area contributed by atoms with E-state index in [1.54, 1.807) is 36.4 Å². The number of benzene rings is 3. The SMILES string of the molecule is CS(=O)(=O)N(CC(=O)Nc1ccc(I)cc1)c1ccc(OCc2ccccc2)cc1. The maximum atomic E-state index is 12.4. The molecule has 0 atom stereocenters. The lowest BCUT2D eigenvalue weighted by molar-refractivity contribution is -0.114. The van der Waals surface area contributed by atoms with Crippen LogP contribution in [0.3, 0.4) is 0 Å². The van der Waals surface area contributed by atoms with Gasteiger partial charge >= 0.3 is 0 Å². The Labute approximate surface area is 190 Å². The molecule has 0 aliphatic rings. The second-order valence-electron chi connectivity index (χ2n) is 6.59. The van der Waals surface area contributed by atoms with E-state index in [1.807, 2.05) is 42.5 Å². The molecule has 1 N–H and O–H groups in total. The predicted molar refractivity (Wildman–Crippen MR) is 127 cm³/mol. The molecule has 3 aromatic carbocycles. The summed E-state index contributed by atoms with van der Waals surface area (Å²) in [6, 6.07) is 23.6. The van der Waals surface area contributed by atoms with E-state index in [4.69, 9.17) is 4.74 Å². The molecule has 0 saturated heterocycles. The third kappa shape index (κ3) is 6.46. The molecule has 0 unspecified atom stereocenters. The van der Waals surface area contributed by atoms with Gasteiger partial charge in [-0.15, -0.1) is 0 Å². The smallest absolute Gasteiger partial charge is 0.245 e. The zero-order valence-corrected chi connectivity index (χ0v) is 19.3. The molecule has 0 radical (unpaired) electrons. The number of ether oxygens (including phenoxy) is 1. The summed E-state index contributed by atoms with van der Waals surface area (Å²) < 4.78 is 32.4. The van der Waals surface area contributed by atoms with E-state index in [9.17, 15) is 13.2 Å². The predicted octanol–water partition coefficient (Wildman–Crippen LogP) is 4.27. The number of hydrogen-bond donors (Lipinski definition) is 1. The third-order valence-electron chi connectivity index (χ3n) is 4.19. The number of hydrogen-bond acceptors (Lipinski definition) is 4. The Bertz CT molecular complexity index is 1090. The summed E-state index contributed by atoms with van der Waals surface area (Å²) in [6.07, 6.45) is 1.07. The topological polar surface area (TPSA) is 75.7 Å². The molecule has 6 nitrogen and oxygen atoms in total. The van der Waals surface area contributed by atoms with Gasteiger partial charge in [-0.2, -0.15) is 0 Å². The number of nitrogens with one attached hydrogen (secondary N) is 1. The van der Waals surface area contributed by atoms with Gasteiger partial charge < -0.3 is 10.1 Å². The highest BCUT2D eigenvalue weighted by molar-refractivity contribution is 14.1. The van der Waals surface area contributed by atoms with Crippen LogP contribution in [0.4, 0.5) is 11.4 Å². The number of anilines is 2. The van der Waals surface area contributed by atoms with Crippen molar-refractivity contribution in [3.8, 4) is 5.75 Å². The van der Waals surface area contributed by atoms with E-state index in [0.717, 1.165) is 19.7 Å². The summed E-state index contributed by atoms with van der Waals surface area (Å²) in [6.45, 7) is 0.0867. The fourth-order valence-electron chi connectivity index (χ4n) is 2.71. The van der Waals surface area contributed by atoms with Crippen molar-refractivity contribution >= 4 is 49.9 Å². The molecule has 0 aliphatic heterocycles. The summed E-state index contributed by atoms with van der Waals surface area (Å²) in [5.41, 5.74) is 2.03. The number of rotatable bonds is 8. The fourth-order valence-corrected chi connectivity index (χ4v) is 3.93. The number of nitrogens with zero attached hydrogens (tertiary/aromatic N) is 1. The molecule has 0 fully saturated rings. The molecule has 3 rings (SSSR count). The van der Waals surface area contributed by atoms with Crippen LogP contribution in [0.25, 0.3) is 0 Å². The van der Waals surface area contributed by atoms with Crippen molar-refractivity contribution in [3.05, 3.63) is 88.0 Å². The zero-order valence-electron chi connectivity index (χ0n) is 16.3. The Hall–Kier alpha value is -2.59. The lowest BCUT2D eigenvalue weighted by Gasteiger charge is -2.22. The van der Waals surface area contributed by atoms with Crippen molar-refractivity contribution in [2.45, 2.75) is 6.61 Å². The molecule has 8 heteroatoms. The molecule has 0 saturated carbocycles. The molecular weight excluding hydrogens is 515 g/mol. The van der Waals surface area contributed by atoms with Crippen LogP contribution in [0.2, 0.25) is 0 Å². The Morgan fingerprint density at radius 2 is 1.60 bits per heavy atom. The van der Waals surface area contributed by atoms with E-state index < -0.39 is 15.9 Å². The highest BCUT2D eigenvalue weighted by Crippen LogP contribution is 2.22. The van der Waals surface area contributed by atoms with Gasteiger partial charge in [0.25, 0.3) is 0 Å². The van der Waals surface area contributed by atoms with E-state index in [-0.39, 0.29) is 6.54 Å². The average Bonchev–Trinajstić information content (AvgIpc) is 2.73.